The molecule has 0 aromatic rings. The highest BCUT2D eigenvalue weighted by atomic mass is 28.4. The van der Waals surface area contributed by atoms with Crippen molar-refractivity contribution >= 4 is 29.3 Å². The summed E-state index contributed by atoms with van der Waals surface area (Å²) in [6.45, 7) is 0. The van der Waals surface area contributed by atoms with Crippen molar-refractivity contribution in [1.29, 1.82) is 0 Å². The fraction of sp³-hybridized carbons (Fsp3) is 1.00. The lowest BCUT2D eigenvalue weighted by Crippen LogP contribution is -2.35. The second kappa shape index (κ2) is 5.26. The fourth-order valence-electron chi connectivity index (χ4n) is 0.966. The van der Waals surface area contributed by atoms with Crippen molar-refractivity contribution in [3.63, 3.8) is 0 Å². The average Bonchev–Trinajstić information content (AvgIpc) is 2.04. The van der Waals surface area contributed by atoms with Crippen LogP contribution in [0.25, 0.3) is 0 Å². The van der Waals surface area contributed by atoms with Gasteiger partial charge in [-0.1, -0.05) is 0 Å². The third-order valence-electron chi connectivity index (χ3n) is 1.57. The summed E-state index contributed by atoms with van der Waals surface area (Å²) in [4.78, 5) is 0. The molecule has 1 fully saturated rings. The van der Waals surface area contributed by atoms with Gasteiger partial charge in [-0.25, -0.2) is 0 Å². The smallest absolute Gasteiger partial charge is 0.389 e. The van der Waals surface area contributed by atoms with Gasteiger partial charge in [-0.2, -0.15) is 13.2 Å². The van der Waals surface area contributed by atoms with Gasteiger partial charge in [-0.05, 0) is 12.5 Å². The first kappa shape index (κ1) is 11.4. The van der Waals surface area contributed by atoms with E-state index >= 15 is 0 Å². The van der Waals surface area contributed by atoms with E-state index < -0.39 is 41.9 Å². The van der Waals surface area contributed by atoms with Gasteiger partial charge in [-0.3, -0.25) is 0 Å². The largest absolute Gasteiger partial charge is 0.425 e. The van der Waals surface area contributed by atoms with E-state index in [0.717, 1.165) is 0 Å². The lowest BCUT2D eigenvalue weighted by molar-refractivity contribution is -0.134. The quantitative estimate of drug-likeness (QED) is 0.637. The van der Waals surface area contributed by atoms with Gasteiger partial charge in [0.05, 0.1) is 0 Å². The van der Waals surface area contributed by atoms with Gasteiger partial charge >= 0.3 is 15.5 Å². The Bertz CT molecular complexity index is 149. The molecule has 0 amide bonds. The van der Waals surface area contributed by atoms with Gasteiger partial charge in [-0.15, -0.1) is 0 Å². The van der Waals surface area contributed by atoms with Crippen LogP contribution >= 0.6 is 0 Å². The van der Waals surface area contributed by atoms with Crippen molar-refractivity contribution < 1.29 is 25.5 Å². The molecule has 0 saturated carbocycles. The standard InChI is InChI=1S/C4H11F3O3Si3/c5-4(6,7)2-1-3-13-9-11-8-12-10-13/h13H,1-3,11-12H2. The lowest BCUT2D eigenvalue weighted by Gasteiger charge is -2.22. The van der Waals surface area contributed by atoms with E-state index in [-0.39, 0.29) is 6.42 Å². The molecule has 1 rings (SSSR count). The second-order valence-electron chi connectivity index (χ2n) is 2.71. The van der Waals surface area contributed by atoms with E-state index in [2.05, 4.69) is 0 Å². The number of hydrogen-bond donors (Lipinski definition) is 0. The molecule has 9 heteroatoms. The van der Waals surface area contributed by atoms with Crippen LogP contribution in [-0.4, -0.2) is 35.5 Å². The van der Waals surface area contributed by atoms with Crippen molar-refractivity contribution in [2.45, 2.75) is 25.1 Å². The molecule has 1 heterocycles. The molecule has 0 radical (unpaired) electrons. The Hall–Kier alpha value is 0.321. The van der Waals surface area contributed by atoms with Crippen LogP contribution in [0.2, 0.25) is 6.04 Å². The summed E-state index contributed by atoms with van der Waals surface area (Å²) in [5.41, 5.74) is 0. The van der Waals surface area contributed by atoms with Gasteiger partial charge in [0, 0.05) is 6.42 Å². The van der Waals surface area contributed by atoms with Gasteiger partial charge in [0.15, 0.2) is 0 Å². The van der Waals surface area contributed by atoms with E-state index in [1.807, 2.05) is 0 Å². The van der Waals surface area contributed by atoms with Crippen molar-refractivity contribution in [2.24, 2.45) is 0 Å². The van der Waals surface area contributed by atoms with Crippen LogP contribution < -0.4 is 0 Å². The molecule has 0 spiro atoms. The molecule has 1 aliphatic rings. The molecule has 0 aliphatic carbocycles. The van der Waals surface area contributed by atoms with Crippen LogP contribution in [-0.2, 0) is 12.3 Å². The zero-order valence-electron chi connectivity index (χ0n) is 6.97. The van der Waals surface area contributed by atoms with Crippen molar-refractivity contribution in [1.82, 2.24) is 0 Å². The van der Waals surface area contributed by atoms with E-state index in [1.54, 1.807) is 0 Å². The summed E-state index contributed by atoms with van der Waals surface area (Å²) < 4.78 is 50.6. The molecule has 1 aliphatic heterocycles. The molecule has 0 N–H and O–H groups in total. The van der Waals surface area contributed by atoms with Crippen molar-refractivity contribution in [3.8, 4) is 0 Å². The zero-order valence-corrected chi connectivity index (χ0v) is 11.0. The van der Waals surface area contributed by atoms with Crippen LogP contribution in [0.1, 0.15) is 12.8 Å². The maximum absolute atomic E-state index is 11.7. The highest BCUT2D eigenvalue weighted by molar-refractivity contribution is 6.61. The van der Waals surface area contributed by atoms with Crippen LogP contribution in [0.4, 0.5) is 13.2 Å². The van der Waals surface area contributed by atoms with Crippen LogP contribution in [0.5, 0.6) is 0 Å². The molecule has 13 heavy (non-hydrogen) atoms. The van der Waals surface area contributed by atoms with Crippen LogP contribution in [0.3, 0.4) is 0 Å². The normalized spacial score (nSPS) is 28.4. The zero-order chi connectivity index (χ0) is 9.73. The van der Waals surface area contributed by atoms with E-state index in [9.17, 15) is 13.2 Å². The van der Waals surface area contributed by atoms with Gasteiger partial charge < -0.3 is 12.3 Å². The number of hydrogen-bond acceptors (Lipinski definition) is 3. The van der Waals surface area contributed by atoms with Crippen LogP contribution in [0, 0.1) is 0 Å². The van der Waals surface area contributed by atoms with Crippen LogP contribution in [0.15, 0.2) is 0 Å². The highest BCUT2D eigenvalue weighted by Crippen LogP contribution is 2.23. The maximum atomic E-state index is 11.7. The Morgan fingerprint density at radius 3 is 2.31 bits per heavy atom. The Kier molecular flexibility index (Phi) is 4.61. The Morgan fingerprint density at radius 1 is 1.15 bits per heavy atom. The summed E-state index contributed by atoms with van der Waals surface area (Å²) in [7, 11) is -3.48. The Morgan fingerprint density at radius 2 is 1.77 bits per heavy atom. The van der Waals surface area contributed by atoms with Crippen molar-refractivity contribution in [3.05, 3.63) is 0 Å². The van der Waals surface area contributed by atoms with Gasteiger partial charge in [0.25, 0.3) is 20.0 Å². The average molecular weight is 248 g/mol. The topological polar surface area (TPSA) is 27.7 Å². The molecule has 0 aromatic carbocycles. The van der Waals surface area contributed by atoms with E-state index in [1.165, 1.54) is 0 Å². The minimum absolute atomic E-state index is 0.128. The lowest BCUT2D eigenvalue weighted by atomic mass is 10.3. The summed E-state index contributed by atoms with van der Waals surface area (Å²) in [5.74, 6) is 0. The maximum Gasteiger partial charge on any atom is 0.389 e. The monoisotopic (exact) mass is 248 g/mol. The number of halogens is 3. The minimum Gasteiger partial charge on any atom is -0.425 e. The molecule has 0 atom stereocenters. The third-order valence-corrected chi connectivity index (χ3v) is 7.85. The SMILES string of the molecule is FC(F)(F)CCC[SiH]1O[SiH2]O[SiH2]O1. The van der Waals surface area contributed by atoms with Gasteiger partial charge in [0.1, 0.15) is 0 Å². The van der Waals surface area contributed by atoms with Gasteiger partial charge in [0.2, 0.25) is 0 Å². The summed E-state index contributed by atoms with van der Waals surface area (Å²) in [5, 5.41) is 0. The molecular formula is C4H11F3O3Si3. The molecular weight excluding hydrogens is 237 g/mol. The molecule has 0 aromatic heterocycles. The van der Waals surface area contributed by atoms with E-state index in [4.69, 9.17) is 12.3 Å². The summed E-state index contributed by atoms with van der Waals surface area (Å²) in [6, 6.07) is 0.461. The first-order chi connectivity index (χ1) is 6.08. The first-order valence-electron chi connectivity index (χ1n) is 3.95. The number of rotatable bonds is 3. The summed E-state index contributed by atoms with van der Waals surface area (Å²) >= 11 is 0. The Balaban J connectivity index is 2.04. The van der Waals surface area contributed by atoms with Crippen molar-refractivity contribution in [2.75, 3.05) is 0 Å². The third kappa shape index (κ3) is 5.59. The molecule has 78 valence electrons. The van der Waals surface area contributed by atoms with E-state index in [0.29, 0.717) is 6.04 Å². The molecule has 0 unspecified atom stereocenters. The predicted molar refractivity (Wildman–Crippen MR) is 47.6 cm³/mol. The first-order valence-corrected chi connectivity index (χ1v) is 8.02. The predicted octanol–water partition coefficient (Wildman–Crippen LogP) is -0.390. The molecule has 0 bridgehead atoms. The highest BCUT2D eigenvalue weighted by Gasteiger charge is 2.27. The molecule has 1 saturated heterocycles. The Labute approximate surface area is 80.5 Å². The number of alkyl halides is 3. The summed E-state index contributed by atoms with van der Waals surface area (Å²) in [6.07, 6.45) is -4.65. The molecule has 3 nitrogen and oxygen atoms in total. The second-order valence-corrected chi connectivity index (χ2v) is 8.92. The fourth-order valence-corrected chi connectivity index (χ4v) is 8.08. The minimum atomic E-state index is -4.05.